The van der Waals surface area contributed by atoms with Gasteiger partial charge < -0.3 is 5.32 Å². The van der Waals surface area contributed by atoms with Crippen LogP contribution in [0.4, 0.5) is 0 Å². The molecule has 0 spiro atoms. The number of carbonyl (C=O) groups is 1. The summed E-state index contributed by atoms with van der Waals surface area (Å²) < 4.78 is 3.58. The summed E-state index contributed by atoms with van der Waals surface area (Å²) in [6.45, 7) is 3.31. The van der Waals surface area contributed by atoms with Gasteiger partial charge in [0.05, 0.1) is 34.5 Å². The fourth-order valence-electron chi connectivity index (χ4n) is 3.71. The van der Waals surface area contributed by atoms with Crippen molar-refractivity contribution in [2.45, 2.75) is 26.3 Å². The van der Waals surface area contributed by atoms with Crippen LogP contribution in [0.25, 0.3) is 16.8 Å². The van der Waals surface area contributed by atoms with E-state index in [4.69, 9.17) is 4.98 Å². The fourth-order valence-corrected chi connectivity index (χ4v) is 3.71. The molecule has 136 valence electrons. The van der Waals surface area contributed by atoms with E-state index in [1.54, 1.807) is 17.9 Å². The van der Waals surface area contributed by atoms with Gasteiger partial charge in [0.1, 0.15) is 0 Å². The minimum atomic E-state index is -0.196. The second-order valence-electron chi connectivity index (χ2n) is 6.94. The predicted octanol–water partition coefficient (Wildman–Crippen LogP) is 1.50. The maximum atomic E-state index is 12.6. The van der Waals surface area contributed by atoms with E-state index in [1.165, 1.54) is 0 Å². The Labute approximate surface area is 155 Å². The average Bonchev–Trinajstić information content (AvgIpc) is 3.33. The molecule has 3 aromatic heterocycles. The molecule has 5 rings (SSSR count). The Kier molecular flexibility index (Phi) is 3.46. The van der Waals surface area contributed by atoms with Crippen molar-refractivity contribution < 1.29 is 4.79 Å². The van der Waals surface area contributed by atoms with Crippen LogP contribution in [-0.4, -0.2) is 42.0 Å². The van der Waals surface area contributed by atoms with Crippen LogP contribution in [0.15, 0.2) is 24.7 Å². The first-order valence-electron chi connectivity index (χ1n) is 9.03. The molecule has 0 aromatic carbocycles. The highest BCUT2D eigenvalue weighted by Gasteiger charge is 2.25. The maximum absolute atomic E-state index is 12.6. The minimum absolute atomic E-state index is 0.196. The second-order valence-corrected chi connectivity index (χ2v) is 6.94. The molecule has 1 aliphatic carbocycles. The van der Waals surface area contributed by atoms with Gasteiger partial charge in [-0.15, -0.1) is 0 Å². The van der Waals surface area contributed by atoms with Crippen LogP contribution in [0, 0.1) is 6.92 Å². The molecule has 8 nitrogen and oxygen atoms in total. The van der Waals surface area contributed by atoms with Crippen molar-refractivity contribution in [2.75, 3.05) is 6.54 Å². The molecule has 8 heteroatoms. The van der Waals surface area contributed by atoms with Crippen molar-refractivity contribution in [1.82, 2.24) is 34.8 Å². The van der Waals surface area contributed by atoms with Gasteiger partial charge >= 0.3 is 0 Å². The van der Waals surface area contributed by atoms with Crippen molar-refractivity contribution in [2.24, 2.45) is 7.05 Å². The zero-order valence-corrected chi connectivity index (χ0v) is 15.2. The highest BCUT2D eigenvalue weighted by atomic mass is 16.1. The van der Waals surface area contributed by atoms with Crippen LogP contribution < -0.4 is 5.32 Å². The van der Waals surface area contributed by atoms with Crippen LogP contribution in [0.5, 0.6) is 0 Å². The van der Waals surface area contributed by atoms with Gasteiger partial charge in [-0.05, 0) is 13.3 Å². The van der Waals surface area contributed by atoms with E-state index in [1.807, 2.05) is 17.8 Å². The third-order valence-electron chi connectivity index (χ3n) is 5.01. The number of nitrogens with one attached hydrogen (secondary N) is 1. The summed E-state index contributed by atoms with van der Waals surface area (Å²) in [5.74, 6) is -0.196. The van der Waals surface area contributed by atoms with Crippen molar-refractivity contribution in [3.05, 3.63) is 53.0 Å². The molecule has 0 radical (unpaired) electrons. The Bertz CT molecular complexity index is 1110. The lowest BCUT2D eigenvalue weighted by Gasteiger charge is -2.08. The molecular formula is C19H19N7O. The molecule has 2 aliphatic rings. The van der Waals surface area contributed by atoms with Crippen molar-refractivity contribution in [3.63, 3.8) is 0 Å². The minimum Gasteiger partial charge on any atom is -0.351 e. The number of hydrogen-bond acceptors (Lipinski definition) is 5. The Morgan fingerprint density at radius 3 is 2.93 bits per heavy atom. The summed E-state index contributed by atoms with van der Waals surface area (Å²) in [6, 6.07) is 0. The smallest absolute Gasteiger partial charge is 0.272 e. The first-order chi connectivity index (χ1) is 13.1. The van der Waals surface area contributed by atoms with E-state index in [-0.39, 0.29) is 5.91 Å². The lowest BCUT2D eigenvalue weighted by Crippen LogP contribution is -2.26. The van der Waals surface area contributed by atoms with Crippen molar-refractivity contribution in [1.29, 1.82) is 0 Å². The zero-order chi connectivity index (χ0) is 18.5. The number of aromatic nitrogens is 6. The lowest BCUT2D eigenvalue weighted by molar-refractivity contribution is 0.0947. The average molecular weight is 361 g/mol. The van der Waals surface area contributed by atoms with Gasteiger partial charge in [0.25, 0.3) is 5.91 Å². The summed E-state index contributed by atoms with van der Waals surface area (Å²) in [5, 5.41) is 11.9. The van der Waals surface area contributed by atoms with E-state index in [9.17, 15) is 4.79 Å². The molecule has 27 heavy (non-hydrogen) atoms. The topological polar surface area (TPSA) is 90.5 Å². The standard InChI is InChI=1S/C19H19N7O/c1-11-13-10-26(23-11)7-3-6-20-19(27)18-14(9-25(2)24-18)16-8-21-15-5-4-12(13)17(15)22-16/h4,8-10H,3,5-7H2,1-2H3,(H,20,27). The van der Waals surface area contributed by atoms with E-state index in [0.29, 0.717) is 23.5 Å². The van der Waals surface area contributed by atoms with Gasteiger partial charge in [-0.2, -0.15) is 10.2 Å². The summed E-state index contributed by atoms with van der Waals surface area (Å²) in [5.41, 5.74) is 6.67. The third-order valence-corrected chi connectivity index (χ3v) is 5.01. The van der Waals surface area contributed by atoms with Crippen molar-refractivity contribution in [3.8, 4) is 11.3 Å². The Morgan fingerprint density at radius 2 is 2.04 bits per heavy atom. The Morgan fingerprint density at radius 1 is 1.15 bits per heavy atom. The number of carbonyl (C=O) groups excluding carboxylic acids is 1. The molecule has 0 fully saturated rings. The summed E-state index contributed by atoms with van der Waals surface area (Å²) in [4.78, 5) is 22.1. The number of allylic oxidation sites excluding steroid dienone is 1. The lowest BCUT2D eigenvalue weighted by atomic mass is 10.1. The van der Waals surface area contributed by atoms with Crippen molar-refractivity contribution >= 4 is 11.5 Å². The van der Waals surface area contributed by atoms with Crippen LogP contribution in [0.2, 0.25) is 0 Å². The van der Waals surface area contributed by atoms with Crippen LogP contribution >= 0.6 is 0 Å². The Hall–Kier alpha value is -3.29. The maximum Gasteiger partial charge on any atom is 0.272 e. The highest BCUT2D eigenvalue weighted by Crippen LogP contribution is 2.33. The first-order valence-corrected chi connectivity index (χ1v) is 9.03. The normalized spacial score (nSPS) is 15.8. The summed E-state index contributed by atoms with van der Waals surface area (Å²) in [6.07, 6.45) is 9.32. The number of nitrogens with zero attached hydrogens (tertiary/aromatic N) is 6. The van der Waals surface area contributed by atoms with E-state index in [2.05, 4.69) is 32.8 Å². The molecule has 0 unspecified atom stereocenters. The second kappa shape index (κ2) is 5.87. The SMILES string of the molecule is Cc1nn2cc1C1=CCc3ncc(nc31)-c1cn(C)nc1C(=O)NCCC2. The first kappa shape index (κ1) is 15.9. The molecular weight excluding hydrogens is 342 g/mol. The van der Waals surface area contributed by atoms with Crippen LogP contribution in [0.3, 0.4) is 0 Å². The fraction of sp³-hybridized carbons (Fsp3) is 0.316. The number of rotatable bonds is 0. The third kappa shape index (κ3) is 2.56. The van der Waals surface area contributed by atoms with Gasteiger partial charge in [0.2, 0.25) is 0 Å². The molecule has 3 aromatic rings. The number of amides is 1. The largest absolute Gasteiger partial charge is 0.351 e. The van der Waals surface area contributed by atoms with Gasteiger partial charge in [-0.3, -0.25) is 19.1 Å². The number of aryl methyl sites for hydroxylation is 3. The summed E-state index contributed by atoms with van der Waals surface area (Å²) >= 11 is 0. The van der Waals surface area contributed by atoms with Gasteiger partial charge in [-0.1, -0.05) is 6.08 Å². The molecule has 4 heterocycles. The van der Waals surface area contributed by atoms with Crippen LogP contribution in [-0.2, 0) is 20.0 Å². The highest BCUT2D eigenvalue weighted by molar-refractivity contribution is 5.98. The monoisotopic (exact) mass is 361 g/mol. The molecule has 1 amide bonds. The van der Waals surface area contributed by atoms with E-state index >= 15 is 0 Å². The molecule has 4 bridgehead atoms. The number of fused-ring (bicyclic) bond motifs is 6. The molecule has 0 saturated carbocycles. The quantitative estimate of drug-likeness (QED) is 0.655. The molecule has 1 N–H and O–H groups in total. The summed E-state index contributed by atoms with van der Waals surface area (Å²) in [7, 11) is 1.80. The zero-order valence-electron chi connectivity index (χ0n) is 15.2. The van der Waals surface area contributed by atoms with Gasteiger partial charge in [0.15, 0.2) is 5.69 Å². The number of hydrogen-bond donors (Lipinski definition) is 1. The van der Waals surface area contributed by atoms with E-state index < -0.39 is 0 Å². The van der Waals surface area contributed by atoms with Crippen LogP contribution in [0.1, 0.15) is 39.6 Å². The predicted molar refractivity (Wildman–Crippen MR) is 98.9 cm³/mol. The molecule has 0 atom stereocenters. The molecule has 0 saturated heterocycles. The van der Waals surface area contributed by atoms with E-state index in [0.717, 1.165) is 47.6 Å². The Balaban J connectivity index is 1.71. The van der Waals surface area contributed by atoms with Gasteiger partial charge in [0, 0.05) is 50.1 Å². The molecule has 1 aliphatic heterocycles. The van der Waals surface area contributed by atoms with Gasteiger partial charge in [-0.25, -0.2) is 4.98 Å².